The SMILES string of the molecule is CCc1nc2cc(N3CCCC(C(=O)N4CCCN(C)CC4)C3)cnc2nc1CC. The maximum atomic E-state index is 13.2. The molecule has 2 saturated heterocycles. The lowest BCUT2D eigenvalue weighted by molar-refractivity contribution is -0.135. The number of rotatable bonds is 4. The van der Waals surface area contributed by atoms with Crippen LogP contribution >= 0.6 is 0 Å². The van der Waals surface area contributed by atoms with Crippen molar-refractivity contribution in [3.8, 4) is 0 Å². The van der Waals surface area contributed by atoms with Crippen molar-refractivity contribution in [2.45, 2.75) is 46.0 Å². The second kappa shape index (κ2) is 9.25. The Morgan fingerprint density at radius 3 is 2.63 bits per heavy atom. The summed E-state index contributed by atoms with van der Waals surface area (Å²) in [5.41, 5.74) is 4.71. The van der Waals surface area contributed by atoms with E-state index in [1.54, 1.807) is 0 Å². The number of hydrogen-bond acceptors (Lipinski definition) is 6. The van der Waals surface area contributed by atoms with Crippen LogP contribution in [0, 0.1) is 5.92 Å². The topological polar surface area (TPSA) is 65.5 Å². The summed E-state index contributed by atoms with van der Waals surface area (Å²) in [5.74, 6) is 0.391. The number of hydrogen-bond donors (Lipinski definition) is 0. The van der Waals surface area contributed by atoms with Crippen LogP contribution in [0.2, 0.25) is 0 Å². The highest BCUT2D eigenvalue weighted by atomic mass is 16.2. The monoisotopic (exact) mass is 410 g/mol. The molecule has 162 valence electrons. The van der Waals surface area contributed by atoms with Gasteiger partial charge in [0.05, 0.1) is 29.2 Å². The molecule has 0 spiro atoms. The Balaban J connectivity index is 1.51. The fourth-order valence-corrected chi connectivity index (χ4v) is 4.68. The number of amides is 1. The zero-order chi connectivity index (χ0) is 21.1. The predicted molar refractivity (Wildman–Crippen MR) is 120 cm³/mol. The van der Waals surface area contributed by atoms with E-state index in [2.05, 4.69) is 46.6 Å². The Hall–Kier alpha value is -2.28. The zero-order valence-corrected chi connectivity index (χ0v) is 18.6. The van der Waals surface area contributed by atoms with Gasteiger partial charge in [-0.2, -0.15) is 0 Å². The first-order valence-electron chi connectivity index (χ1n) is 11.5. The molecule has 7 heteroatoms. The molecular weight excluding hydrogens is 376 g/mol. The summed E-state index contributed by atoms with van der Waals surface area (Å²) >= 11 is 0. The van der Waals surface area contributed by atoms with Crippen LogP contribution in [0.4, 0.5) is 5.69 Å². The fraction of sp³-hybridized carbons (Fsp3) is 0.652. The molecule has 2 aromatic heterocycles. The van der Waals surface area contributed by atoms with Gasteiger partial charge >= 0.3 is 0 Å². The first-order chi connectivity index (χ1) is 14.6. The summed E-state index contributed by atoms with van der Waals surface area (Å²) in [7, 11) is 2.14. The van der Waals surface area contributed by atoms with E-state index in [9.17, 15) is 4.79 Å². The molecule has 30 heavy (non-hydrogen) atoms. The summed E-state index contributed by atoms with van der Waals surface area (Å²) in [6.07, 6.45) is 6.71. The molecule has 4 heterocycles. The van der Waals surface area contributed by atoms with E-state index in [4.69, 9.17) is 9.97 Å². The summed E-state index contributed by atoms with van der Waals surface area (Å²) < 4.78 is 0. The lowest BCUT2D eigenvalue weighted by Crippen LogP contribution is -2.46. The van der Waals surface area contributed by atoms with E-state index in [0.717, 1.165) is 94.0 Å². The van der Waals surface area contributed by atoms with E-state index in [1.807, 2.05) is 6.20 Å². The Bertz CT molecular complexity index is 901. The Morgan fingerprint density at radius 2 is 1.83 bits per heavy atom. The quantitative estimate of drug-likeness (QED) is 0.772. The Morgan fingerprint density at radius 1 is 1.03 bits per heavy atom. The van der Waals surface area contributed by atoms with Crippen molar-refractivity contribution < 1.29 is 4.79 Å². The summed E-state index contributed by atoms with van der Waals surface area (Å²) in [6, 6.07) is 2.10. The average Bonchev–Trinajstić information content (AvgIpc) is 3.01. The number of fused-ring (bicyclic) bond motifs is 1. The maximum absolute atomic E-state index is 13.2. The number of carbonyl (C=O) groups is 1. The molecule has 2 aromatic rings. The molecule has 1 atom stereocenters. The molecule has 1 amide bonds. The van der Waals surface area contributed by atoms with Gasteiger partial charge in [0.2, 0.25) is 5.91 Å². The van der Waals surface area contributed by atoms with Crippen LogP contribution in [0.5, 0.6) is 0 Å². The van der Waals surface area contributed by atoms with Crippen molar-refractivity contribution in [2.75, 3.05) is 51.2 Å². The minimum absolute atomic E-state index is 0.0672. The van der Waals surface area contributed by atoms with Gasteiger partial charge in [-0.25, -0.2) is 15.0 Å². The molecule has 0 saturated carbocycles. The third-order valence-corrected chi connectivity index (χ3v) is 6.50. The van der Waals surface area contributed by atoms with Gasteiger partial charge in [0, 0.05) is 32.7 Å². The van der Waals surface area contributed by atoms with Gasteiger partial charge < -0.3 is 14.7 Å². The smallest absolute Gasteiger partial charge is 0.227 e. The second-order valence-electron chi connectivity index (χ2n) is 8.63. The largest absolute Gasteiger partial charge is 0.369 e. The highest BCUT2D eigenvalue weighted by Gasteiger charge is 2.30. The van der Waals surface area contributed by atoms with Gasteiger partial charge in [0.25, 0.3) is 0 Å². The van der Waals surface area contributed by atoms with Gasteiger partial charge in [0.1, 0.15) is 5.52 Å². The second-order valence-corrected chi connectivity index (χ2v) is 8.63. The highest BCUT2D eigenvalue weighted by Crippen LogP contribution is 2.26. The molecular formula is C23H34N6O. The van der Waals surface area contributed by atoms with Crippen molar-refractivity contribution in [3.05, 3.63) is 23.7 Å². The molecule has 0 aromatic carbocycles. The number of anilines is 1. The third-order valence-electron chi connectivity index (χ3n) is 6.50. The van der Waals surface area contributed by atoms with Crippen molar-refractivity contribution in [3.63, 3.8) is 0 Å². The van der Waals surface area contributed by atoms with Crippen LogP contribution in [-0.4, -0.2) is 77.0 Å². The number of nitrogens with zero attached hydrogens (tertiary/aromatic N) is 6. The lowest BCUT2D eigenvalue weighted by atomic mass is 9.96. The van der Waals surface area contributed by atoms with E-state index < -0.39 is 0 Å². The molecule has 7 nitrogen and oxygen atoms in total. The van der Waals surface area contributed by atoms with Crippen molar-refractivity contribution in [1.82, 2.24) is 24.8 Å². The average molecular weight is 411 g/mol. The summed E-state index contributed by atoms with van der Waals surface area (Å²) in [6.45, 7) is 9.72. The van der Waals surface area contributed by atoms with Gasteiger partial charge in [-0.05, 0) is 51.8 Å². The number of aryl methyl sites for hydroxylation is 2. The van der Waals surface area contributed by atoms with Gasteiger partial charge in [-0.3, -0.25) is 4.79 Å². The lowest BCUT2D eigenvalue weighted by Gasteiger charge is -2.36. The standard InChI is InChI=1S/C23H34N6O/c1-4-19-20(5-2)26-22-21(25-19)14-18(15-24-22)29-10-6-8-17(16-29)23(30)28-11-7-9-27(3)12-13-28/h14-15,17H,4-13,16H2,1-3H3. The van der Waals surface area contributed by atoms with Crippen LogP contribution < -0.4 is 4.90 Å². The minimum atomic E-state index is 0.0672. The molecule has 2 aliphatic rings. The number of pyridine rings is 1. The van der Waals surface area contributed by atoms with Gasteiger partial charge in [-0.15, -0.1) is 0 Å². The van der Waals surface area contributed by atoms with Crippen LogP contribution in [-0.2, 0) is 17.6 Å². The normalized spacial score (nSPS) is 21.1. The van der Waals surface area contributed by atoms with Crippen molar-refractivity contribution in [1.29, 1.82) is 0 Å². The first-order valence-corrected chi connectivity index (χ1v) is 11.5. The van der Waals surface area contributed by atoms with E-state index in [0.29, 0.717) is 11.6 Å². The van der Waals surface area contributed by atoms with Crippen molar-refractivity contribution in [2.24, 2.45) is 5.92 Å². The highest BCUT2D eigenvalue weighted by molar-refractivity contribution is 5.80. The number of carbonyl (C=O) groups excluding carboxylic acids is 1. The van der Waals surface area contributed by atoms with Crippen LogP contribution in [0.25, 0.3) is 11.2 Å². The van der Waals surface area contributed by atoms with Gasteiger partial charge in [-0.1, -0.05) is 13.8 Å². The molecule has 2 aliphatic heterocycles. The van der Waals surface area contributed by atoms with Crippen LogP contribution in [0.15, 0.2) is 12.3 Å². The molecule has 4 rings (SSSR count). The summed E-state index contributed by atoms with van der Waals surface area (Å²) in [5, 5.41) is 0. The minimum Gasteiger partial charge on any atom is -0.369 e. The predicted octanol–water partition coefficient (Wildman–Crippen LogP) is 2.53. The molecule has 0 bridgehead atoms. The van der Waals surface area contributed by atoms with E-state index in [1.165, 1.54) is 0 Å². The number of aromatic nitrogens is 3. The zero-order valence-electron chi connectivity index (χ0n) is 18.6. The Kier molecular flexibility index (Phi) is 6.46. The molecule has 0 aliphatic carbocycles. The number of piperidine rings is 1. The first kappa shape index (κ1) is 21.0. The van der Waals surface area contributed by atoms with Crippen molar-refractivity contribution >= 4 is 22.8 Å². The maximum Gasteiger partial charge on any atom is 0.227 e. The van der Waals surface area contributed by atoms with Crippen LogP contribution in [0.1, 0.15) is 44.5 Å². The molecule has 0 radical (unpaired) electrons. The number of likely N-dealkylation sites (N-methyl/N-ethyl adjacent to an activating group) is 1. The van der Waals surface area contributed by atoms with Gasteiger partial charge in [0.15, 0.2) is 5.65 Å². The van der Waals surface area contributed by atoms with E-state index in [-0.39, 0.29) is 5.92 Å². The summed E-state index contributed by atoms with van der Waals surface area (Å²) in [4.78, 5) is 34.1. The molecule has 2 fully saturated rings. The fourth-order valence-electron chi connectivity index (χ4n) is 4.68. The van der Waals surface area contributed by atoms with E-state index >= 15 is 0 Å². The molecule has 0 N–H and O–H groups in total. The Labute approximate surface area is 179 Å². The molecule has 1 unspecified atom stereocenters. The third kappa shape index (κ3) is 4.41. The van der Waals surface area contributed by atoms with Crippen LogP contribution in [0.3, 0.4) is 0 Å².